The Morgan fingerprint density at radius 2 is 2.12 bits per heavy atom. The van der Waals surface area contributed by atoms with Crippen LogP contribution < -0.4 is 5.32 Å². The summed E-state index contributed by atoms with van der Waals surface area (Å²) in [5.41, 5.74) is 0.356. The monoisotopic (exact) mass is 240 g/mol. The number of nitrogens with zero attached hydrogens (tertiary/aromatic N) is 1. The molecule has 1 N–H and O–H groups in total. The van der Waals surface area contributed by atoms with E-state index in [0.29, 0.717) is 5.54 Å². The molecule has 2 nitrogen and oxygen atoms in total. The van der Waals surface area contributed by atoms with Gasteiger partial charge in [-0.2, -0.15) is 0 Å². The summed E-state index contributed by atoms with van der Waals surface area (Å²) >= 11 is 1.98. The van der Waals surface area contributed by atoms with Crippen molar-refractivity contribution in [1.29, 1.82) is 0 Å². The van der Waals surface area contributed by atoms with Crippen molar-refractivity contribution in [2.75, 3.05) is 6.54 Å². The molecule has 0 aromatic rings. The highest BCUT2D eigenvalue weighted by molar-refractivity contribution is 8.14. The molecule has 0 saturated heterocycles. The minimum Gasteiger partial charge on any atom is -0.360 e. The van der Waals surface area contributed by atoms with Crippen LogP contribution in [-0.4, -0.2) is 22.5 Å². The second-order valence-electron chi connectivity index (χ2n) is 5.42. The Hall–Kier alpha value is -0.180. The normalized spacial score (nSPS) is 27.8. The van der Waals surface area contributed by atoms with Crippen LogP contribution in [0.15, 0.2) is 4.99 Å². The lowest BCUT2D eigenvalue weighted by Gasteiger charge is -2.39. The number of aliphatic imine (C=N–C) groups is 1. The van der Waals surface area contributed by atoms with Gasteiger partial charge in [-0.25, -0.2) is 0 Å². The van der Waals surface area contributed by atoms with Gasteiger partial charge in [0.15, 0.2) is 5.17 Å². The zero-order valence-corrected chi connectivity index (χ0v) is 11.6. The Morgan fingerprint density at radius 1 is 1.44 bits per heavy atom. The molecule has 1 heterocycles. The number of hydrogen-bond donors (Lipinski definition) is 1. The van der Waals surface area contributed by atoms with E-state index in [0.717, 1.165) is 17.7 Å². The lowest BCUT2D eigenvalue weighted by Crippen LogP contribution is -2.49. The van der Waals surface area contributed by atoms with Crippen molar-refractivity contribution in [1.82, 2.24) is 5.32 Å². The third-order valence-corrected chi connectivity index (χ3v) is 5.41. The van der Waals surface area contributed by atoms with Crippen molar-refractivity contribution < 1.29 is 0 Å². The van der Waals surface area contributed by atoms with E-state index in [1.807, 2.05) is 11.8 Å². The number of nitrogens with one attached hydrogen (secondary N) is 1. The van der Waals surface area contributed by atoms with Gasteiger partial charge in [-0.05, 0) is 32.1 Å². The van der Waals surface area contributed by atoms with E-state index in [4.69, 9.17) is 0 Å². The van der Waals surface area contributed by atoms with E-state index in [2.05, 4.69) is 31.1 Å². The van der Waals surface area contributed by atoms with Crippen molar-refractivity contribution >= 4 is 16.9 Å². The number of amidine groups is 1. The molecular formula is C13H24N2S. The molecule has 1 saturated carbocycles. The first-order valence-electron chi connectivity index (χ1n) is 6.66. The topological polar surface area (TPSA) is 24.4 Å². The van der Waals surface area contributed by atoms with Gasteiger partial charge in [0.05, 0.1) is 6.54 Å². The van der Waals surface area contributed by atoms with E-state index in [1.165, 1.54) is 37.3 Å². The van der Waals surface area contributed by atoms with Crippen molar-refractivity contribution in [2.45, 2.75) is 63.7 Å². The summed E-state index contributed by atoms with van der Waals surface area (Å²) in [7, 11) is 0. The average Bonchev–Trinajstić information content (AvgIpc) is 2.66. The highest BCUT2D eigenvalue weighted by Crippen LogP contribution is 2.35. The first-order chi connectivity index (χ1) is 7.67. The molecule has 0 amide bonds. The van der Waals surface area contributed by atoms with Crippen molar-refractivity contribution in [2.24, 2.45) is 10.9 Å². The second-order valence-corrected chi connectivity index (χ2v) is 6.65. The standard InChI is InChI=1S/C13H24N2S/c1-4-10(5-2)11-9-14-12(16-11)15-13(3)7-6-8-13/h10-11H,4-9H2,1-3H3,(H,14,15). The van der Waals surface area contributed by atoms with E-state index in [-0.39, 0.29) is 0 Å². The van der Waals surface area contributed by atoms with Crippen molar-refractivity contribution in [3.05, 3.63) is 0 Å². The molecule has 92 valence electrons. The van der Waals surface area contributed by atoms with Crippen LogP contribution in [-0.2, 0) is 0 Å². The summed E-state index contributed by atoms with van der Waals surface area (Å²) in [6, 6.07) is 0. The van der Waals surface area contributed by atoms with Gasteiger partial charge in [0.25, 0.3) is 0 Å². The number of hydrogen-bond acceptors (Lipinski definition) is 3. The van der Waals surface area contributed by atoms with Gasteiger partial charge < -0.3 is 5.32 Å². The second kappa shape index (κ2) is 4.99. The van der Waals surface area contributed by atoms with Gasteiger partial charge in [-0.1, -0.05) is 38.5 Å². The van der Waals surface area contributed by atoms with Crippen molar-refractivity contribution in [3.8, 4) is 0 Å². The van der Waals surface area contributed by atoms with Gasteiger partial charge >= 0.3 is 0 Å². The summed E-state index contributed by atoms with van der Waals surface area (Å²) in [4.78, 5) is 4.67. The molecule has 0 aromatic heterocycles. The predicted octanol–water partition coefficient (Wildman–Crippen LogP) is 3.43. The maximum Gasteiger partial charge on any atom is 0.157 e. The molecule has 1 unspecified atom stereocenters. The molecule has 1 fully saturated rings. The molecule has 2 aliphatic rings. The van der Waals surface area contributed by atoms with Crippen LogP contribution in [0.3, 0.4) is 0 Å². The zero-order chi connectivity index (χ0) is 11.6. The fourth-order valence-corrected chi connectivity index (χ4v) is 4.08. The molecule has 1 aliphatic heterocycles. The highest BCUT2D eigenvalue weighted by atomic mass is 32.2. The first-order valence-corrected chi connectivity index (χ1v) is 7.54. The summed E-state index contributed by atoms with van der Waals surface area (Å²) in [5, 5.41) is 5.57. The highest BCUT2D eigenvalue weighted by Gasteiger charge is 2.35. The molecule has 2 rings (SSSR count). The molecule has 0 radical (unpaired) electrons. The number of thioether (sulfide) groups is 1. The summed E-state index contributed by atoms with van der Waals surface area (Å²) in [6.45, 7) is 7.94. The molecule has 0 aromatic carbocycles. The van der Waals surface area contributed by atoms with Gasteiger partial charge in [0.1, 0.15) is 0 Å². The third kappa shape index (κ3) is 2.55. The quantitative estimate of drug-likeness (QED) is 0.814. The Kier molecular flexibility index (Phi) is 3.83. The molecule has 0 bridgehead atoms. The minimum absolute atomic E-state index is 0.356. The maximum atomic E-state index is 4.67. The fraction of sp³-hybridized carbons (Fsp3) is 0.923. The fourth-order valence-electron chi connectivity index (χ4n) is 2.61. The van der Waals surface area contributed by atoms with Crippen molar-refractivity contribution in [3.63, 3.8) is 0 Å². The van der Waals surface area contributed by atoms with Crippen LogP contribution in [0.1, 0.15) is 52.9 Å². The SMILES string of the molecule is CCC(CC)C1CN=C(NC2(C)CCC2)S1. The smallest absolute Gasteiger partial charge is 0.157 e. The Morgan fingerprint density at radius 3 is 2.62 bits per heavy atom. The van der Waals surface area contributed by atoms with Crippen LogP contribution >= 0.6 is 11.8 Å². The number of rotatable bonds is 4. The molecule has 16 heavy (non-hydrogen) atoms. The minimum atomic E-state index is 0.356. The Balaban J connectivity index is 1.82. The van der Waals surface area contributed by atoms with E-state index in [9.17, 15) is 0 Å². The molecule has 1 aliphatic carbocycles. The predicted molar refractivity (Wildman–Crippen MR) is 73.1 cm³/mol. The Bertz CT molecular complexity index is 267. The van der Waals surface area contributed by atoms with E-state index >= 15 is 0 Å². The van der Waals surface area contributed by atoms with Gasteiger partial charge in [0.2, 0.25) is 0 Å². The van der Waals surface area contributed by atoms with Gasteiger partial charge in [-0.3, -0.25) is 4.99 Å². The van der Waals surface area contributed by atoms with E-state index in [1.54, 1.807) is 0 Å². The lowest BCUT2D eigenvalue weighted by atomic mass is 9.79. The maximum absolute atomic E-state index is 4.67. The van der Waals surface area contributed by atoms with Crippen LogP contribution in [0, 0.1) is 5.92 Å². The van der Waals surface area contributed by atoms with Gasteiger partial charge in [0, 0.05) is 10.8 Å². The summed E-state index contributed by atoms with van der Waals surface area (Å²) in [5.74, 6) is 0.835. The molecular weight excluding hydrogens is 216 g/mol. The molecule has 0 spiro atoms. The molecule has 1 atom stereocenters. The van der Waals surface area contributed by atoms with E-state index < -0.39 is 0 Å². The zero-order valence-electron chi connectivity index (χ0n) is 10.8. The summed E-state index contributed by atoms with van der Waals surface area (Å²) < 4.78 is 0. The third-order valence-electron chi connectivity index (χ3n) is 4.12. The summed E-state index contributed by atoms with van der Waals surface area (Å²) in [6.07, 6.45) is 6.56. The van der Waals surface area contributed by atoms with Gasteiger partial charge in [-0.15, -0.1) is 0 Å². The Labute approximate surface area is 104 Å². The van der Waals surface area contributed by atoms with Crippen LogP contribution in [0.25, 0.3) is 0 Å². The van der Waals surface area contributed by atoms with Crippen LogP contribution in [0.4, 0.5) is 0 Å². The van der Waals surface area contributed by atoms with Crippen LogP contribution in [0.2, 0.25) is 0 Å². The van der Waals surface area contributed by atoms with Crippen LogP contribution in [0.5, 0.6) is 0 Å². The lowest BCUT2D eigenvalue weighted by molar-refractivity contribution is 0.245. The molecule has 3 heteroatoms. The average molecular weight is 240 g/mol. The first kappa shape index (κ1) is 12.3. The largest absolute Gasteiger partial charge is 0.360 e.